The Morgan fingerprint density at radius 3 is 2.64 bits per heavy atom. The highest BCUT2D eigenvalue weighted by molar-refractivity contribution is 7.22. The normalized spacial score (nSPS) is 10.8. The number of aromatic nitrogens is 1. The third kappa shape index (κ3) is 4.47. The molecule has 144 valence electrons. The number of rotatable bonds is 6. The summed E-state index contributed by atoms with van der Waals surface area (Å²) in [4.78, 5) is 29.8. The first-order valence-corrected chi connectivity index (χ1v) is 9.89. The van der Waals surface area contributed by atoms with Gasteiger partial charge in [-0.15, -0.1) is 22.7 Å². The summed E-state index contributed by atoms with van der Waals surface area (Å²) >= 11 is 2.86. The molecule has 2 heterocycles. The number of carbonyl (C=O) groups is 2. The fourth-order valence-electron chi connectivity index (χ4n) is 2.34. The summed E-state index contributed by atoms with van der Waals surface area (Å²) in [7, 11) is 2.79. The van der Waals surface area contributed by atoms with Gasteiger partial charge in [0.2, 0.25) is 0 Å². The molecule has 0 atom stereocenters. The number of aryl methyl sites for hydroxylation is 1. The van der Waals surface area contributed by atoms with E-state index < -0.39 is 11.9 Å². The first-order valence-electron chi connectivity index (χ1n) is 8.19. The molecule has 0 fully saturated rings. The maximum atomic E-state index is 12.6. The Balaban J connectivity index is 1.80. The molecule has 8 heteroatoms. The SMILES string of the molecule is COC(=O)/C=C/c1ccc(OC(=O)c2sc(-c3cccs3)nc2C)c(OC)c1. The first-order chi connectivity index (χ1) is 13.5. The molecule has 3 aromatic rings. The zero-order chi connectivity index (χ0) is 20.1. The van der Waals surface area contributed by atoms with Crippen molar-refractivity contribution in [2.45, 2.75) is 6.92 Å². The molecule has 0 saturated carbocycles. The standard InChI is InChI=1S/C20H17NO5S2/c1-12-18(28-19(21-12)16-5-4-10-27-16)20(23)26-14-8-6-13(11-15(14)24-2)7-9-17(22)25-3/h4-11H,1-3H3/b9-7+. The van der Waals surface area contributed by atoms with Crippen molar-refractivity contribution < 1.29 is 23.8 Å². The van der Waals surface area contributed by atoms with E-state index in [2.05, 4.69) is 9.72 Å². The zero-order valence-corrected chi connectivity index (χ0v) is 17.1. The Hall–Kier alpha value is -2.97. The summed E-state index contributed by atoms with van der Waals surface area (Å²) in [6.07, 6.45) is 2.88. The van der Waals surface area contributed by atoms with Crippen LogP contribution in [0.15, 0.2) is 41.8 Å². The van der Waals surface area contributed by atoms with E-state index in [0.29, 0.717) is 21.9 Å². The fraction of sp³-hybridized carbons (Fsp3) is 0.150. The summed E-state index contributed by atoms with van der Waals surface area (Å²) in [5.74, 6) is -0.292. The number of carbonyl (C=O) groups excluding carboxylic acids is 2. The topological polar surface area (TPSA) is 74.7 Å². The molecule has 0 unspecified atom stereocenters. The number of thiazole rings is 1. The van der Waals surface area contributed by atoms with Gasteiger partial charge in [-0.25, -0.2) is 14.6 Å². The summed E-state index contributed by atoms with van der Waals surface area (Å²) in [5, 5.41) is 2.75. The molecule has 0 N–H and O–H groups in total. The van der Waals surface area contributed by atoms with Crippen LogP contribution in [0.5, 0.6) is 11.5 Å². The lowest BCUT2D eigenvalue weighted by atomic mass is 10.2. The molecule has 0 aliphatic heterocycles. The number of methoxy groups -OCH3 is 2. The third-order valence-corrected chi connectivity index (χ3v) is 5.89. The van der Waals surface area contributed by atoms with E-state index in [4.69, 9.17) is 9.47 Å². The van der Waals surface area contributed by atoms with E-state index in [1.165, 1.54) is 31.6 Å². The largest absolute Gasteiger partial charge is 0.493 e. The van der Waals surface area contributed by atoms with Gasteiger partial charge in [0.15, 0.2) is 11.5 Å². The smallest absolute Gasteiger partial charge is 0.355 e. The first kappa shape index (κ1) is 19.8. The Morgan fingerprint density at radius 2 is 1.96 bits per heavy atom. The van der Waals surface area contributed by atoms with Gasteiger partial charge < -0.3 is 14.2 Å². The second-order valence-electron chi connectivity index (χ2n) is 5.57. The minimum Gasteiger partial charge on any atom is -0.493 e. The number of esters is 2. The quantitative estimate of drug-likeness (QED) is 0.333. The van der Waals surface area contributed by atoms with E-state index in [-0.39, 0.29) is 5.75 Å². The molecular formula is C20H17NO5S2. The van der Waals surface area contributed by atoms with Crippen molar-refractivity contribution in [2.75, 3.05) is 14.2 Å². The van der Waals surface area contributed by atoms with Crippen LogP contribution < -0.4 is 9.47 Å². The van der Waals surface area contributed by atoms with Crippen LogP contribution in [0.2, 0.25) is 0 Å². The number of benzene rings is 1. The van der Waals surface area contributed by atoms with Crippen LogP contribution in [0.3, 0.4) is 0 Å². The minimum atomic E-state index is -0.492. The number of hydrogen-bond acceptors (Lipinski definition) is 8. The highest BCUT2D eigenvalue weighted by Crippen LogP contribution is 2.33. The van der Waals surface area contributed by atoms with Crippen LogP contribution in [-0.2, 0) is 9.53 Å². The average Bonchev–Trinajstić information content (AvgIpc) is 3.36. The van der Waals surface area contributed by atoms with E-state index in [1.54, 1.807) is 42.5 Å². The number of thiophene rings is 1. The van der Waals surface area contributed by atoms with E-state index >= 15 is 0 Å². The van der Waals surface area contributed by atoms with Crippen LogP contribution >= 0.6 is 22.7 Å². The van der Waals surface area contributed by atoms with Crippen molar-refractivity contribution >= 4 is 40.7 Å². The van der Waals surface area contributed by atoms with Crippen molar-refractivity contribution in [1.29, 1.82) is 0 Å². The fourth-order valence-corrected chi connectivity index (χ4v) is 4.08. The highest BCUT2D eigenvalue weighted by Gasteiger charge is 2.20. The van der Waals surface area contributed by atoms with Crippen LogP contribution in [0, 0.1) is 6.92 Å². The van der Waals surface area contributed by atoms with Crippen LogP contribution in [-0.4, -0.2) is 31.1 Å². The molecule has 1 aromatic carbocycles. The molecule has 0 bridgehead atoms. The predicted octanol–water partition coefficient (Wildman–Crippen LogP) is 4.59. The van der Waals surface area contributed by atoms with Gasteiger partial charge in [-0.3, -0.25) is 0 Å². The van der Waals surface area contributed by atoms with Crippen molar-refractivity contribution in [3.63, 3.8) is 0 Å². The van der Waals surface area contributed by atoms with Gasteiger partial charge in [-0.05, 0) is 42.1 Å². The lowest BCUT2D eigenvalue weighted by molar-refractivity contribution is -0.134. The van der Waals surface area contributed by atoms with E-state index in [9.17, 15) is 9.59 Å². The summed E-state index contributed by atoms with van der Waals surface area (Å²) in [6, 6.07) is 8.89. The Morgan fingerprint density at radius 1 is 1.14 bits per heavy atom. The minimum absolute atomic E-state index is 0.285. The average molecular weight is 415 g/mol. The third-order valence-electron chi connectivity index (χ3n) is 3.72. The molecule has 28 heavy (non-hydrogen) atoms. The van der Waals surface area contributed by atoms with Crippen molar-refractivity contribution in [2.24, 2.45) is 0 Å². The van der Waals surface area contributed by atoms with E-state index in [0.717, 1.165) is 9.88 Å². The highest BCUT2D eigenvalue weighted by atomic mass is 32.1. The van der Waals surface area contributed by atoms with Gasteiger partial charge in [0, 0.05) is 6.08 Å². The molecule has 0 radical (unpaired) electrons. The van der Waals surface area contributed by atoms with Gasteiger partial charge in [-0.2, -0.15) is 0 Å². The predicted molar refractivity (Wildman–Crippen MR) is 109 cm³/mol. The maximum Gasteiger partial charge on any atom is 0.355 e. The second-order valence-corrected chi connectivity index (χ2v) is 7.51. The van der Waals surface area contributed by atoms with Gasteiger partial charge in [-0.1, -0.05) is 12.1 Å². The van der Waals surface area contributed by atoms with Gasteiger partial charge in [0.25, 0.3) is 0 Å². The number of hydrogen-bond donors (Lipinski definition) is 0. The summed E-state index contributed by atoms with van der Waals surface area (Å²) in [6.45, 7) is 1.78. The molecule has 6 nitrogen and oxygen atoms in total. The monoisotopic (exact) mass is 415 g/mol. The zero-order valence-electron chi connectivity index (χ0n) is 15.4. The lowest BCUT2D eigenvalue weighted by Gasteiger charge is -2.09. The molecule has 0 saturated heterocycles. The molecule has 0 amide bonds. The second kappa shape index (κ2) is 8.81. The molecule has 0 spiro atoms. The summed E-state index contributed by atoms with van der Waals surface area (Å²) < 4.78 is 15.4. The Bertz CT molecular complexity index is 1020. The Kier molecular flexibility index (Phi) is 6.23. The van der Waals surface area contributed by atoms with Crippen LogP contribution in [0.4, 0.5) is 0 Å². The molecular weight excluding hydrogens is 398 g/mol. The molecule has 0 aliphatic rings. The van der Waals surface area contributed by atoms with Crippen molar-refractivity contribution in [3.05, 3.63) is 57.9 Å². The van der Waals surface area contributed by atoms with Crippen LogP contribution in [0.1, 0.15) is 20.9 Å². The van der Waals surface area contributed by atoms with E-state index in [1.807, 2.05) is 17.5 Å². The molecule has 3 rings (SSSR count). The van der Waals surface area contributed by atoms with Gasteiger partial charge in [0.05, 0.1) is 24.8 Å². The molecule has 0 aliphatic carbocycles. The summed E-state index contributed by atoms with van der Waals surface area (Å²) in [5.41, 5.74) is 1.32. The van der Waals surface area contributed by atoms with Gasteiger partial charge in [0.1, 0.15) is 9.88 Å². The molecule has 2 aromatic heterocycles. The van der Waals surface area contributed by atoms with Crippen molar-refractivity contribution in [1.82, 2.24) is 4.98 Å². The lowest BCUT2D eigenvalue weighted by Crippen LogP contribution is -2.09. The Labute approximate surface area is 170 Å². The van der Waals surface area contributed by atoms with Crippen LogP contribution in [0.25, 0.3) is 16.0 Å². The number of nitrogens with zero attached hydrogens (tertiary/aromatic N) is 1. The van der Waals surface area contributed by atoms with Gasteiger partial charge >= 0.3 is 11.9 Å². The van der Waals surface area contributed by atoms with Crippen molar-refractivity contribution in [3.8, 4) is 21.4 Å². The number of ether oxygens (including phenoxy) is 3. The maximum absolute atomic E-state index is 12.6.